The van der Waals surface area contributed by atoms with E-state index < -0.39 is 21.8 Å². The molecule has 1 aliphatic carbocycles. The summed E-state index contributed by atoms with van der Waals surface area (Å²) in [6.07, 6.45) is 1.07. The lowest BCUT2D eigenvalue weighted by Gasteiger charge is -2.21. The zero-order chi connectivity index (χ0) is 22.9. The van der Waals surface area contributed by atoms with Crippen LogP contribution in [0.1, 0.15) is 36.0 Å². The average Bonchev–Trinajstić information content (AvgIpc) is 3.52. The zero-order valence-corrected chi connectivity index (χ0v) is 18.1. The van der Waals surface area contributed by atoms with Gasteiger partial charge < -0.3 is 4.90 Å². The van der Waals surface area contributed by atoms with Crippen LogP contribution in [0.4, 0.5) is 18.9 Å². The second-order valence-corrected chi connectivity index (χ2v) is 10.1. The predicted octanol–water partition coefficient (Wildman–Crippen LogP) is 4.45. The molecular weight excluding hydrogens is 441 g/mol. The molecule has 1 amide bonds. The molecule has 0 bridgehead atoms. The number of hydrogen-bond donors (Lipinski definition) is 0. The topological polar surface area (TPSA) is 57.7 Å². The summed E-state index contributed by atoms with van der Waals surface area (Å²) in [6.45, 7) is 0.716. The fourth-order valence-electron chi connectivity index (χ4n) is 3.71. The van der Waals surface area contributed by atoms with Crippen LogP contribution in [0.5, 0.6) is 0 Å². The molecule has 9 heteroatoms. The Hall–Kier alpha value is -2.81. The monoisotopic (exact) mass is 464 g/mol. The van der Waals surface area contributed by atoms with Crippen molar-refractivity contribution in [2.45, 2.75) is 38.0 Å². The number of hydrogen-bond acceptors (Lipinski definition) is 3. The number of amides is 1. The molecule has 32 heavy (non-hydrogen) atoms. The molecule has 4 rings (SSSR count). The van der Waals surface area contributed by atoms with Gasteiger partial charge in [-0.2, -0.15) is 13.2 Å². The van der Waals surface area contributed by atoms with Gasteiger partial charge in [0.25, 0.3) is 0 Å². The van der Waals surface area contributed by atoms with Crippen molar-refractivity contribution in [1.82, 2.24) is 4.90 Å². The average molecular weight is 465 g/mol. The Labute approximate surface area is 185 Å². The van der Waals surface area contributed by atoms with Crippen molar-refractivity contribution < 1.29 is 26.4 Å². The normalized spacial score (nSPS) is 18.3. The highest BCUT2D eigenvalue weighted by atomic mass is 32.2. The third-order valence-corrected chi connectivity index (χ3v) is 7.47. The number of halogens is 3. The van der Waals surface area contributed by atoms with Crippen LogP contribution in [0.2, 0.25) is 0 Å². The Morgan fingerprint density at radius 3 is 2.25 bits per heavy atom. The van der Waals surface area contributed by atoms with Crippen molar-refractivity contribution >= 4 is 27.7 Å². The van der Waals surface area contributed by atoms with E-state index in [0.29, 0.717) is 24.2 Å². The third-order valence-electron chi connectivity index (χ3n) is 5.60. The SMILES string of the molecule is O=C(/C=C/c1ccc(N2CCCS2(=O)=O)cc1)N(Cc1ccc(C(F)(F)F)cc1)C1CC1. The smallest absolute Gasteiger partial charge is 0.332 e. The number of nitrogens with zero attached hydrogens (tertiary/aromatic N) is 2. The summed E-state index contributed by atoms with van der Waals surface area (Å²) in [7, 11) is -3.24. The van der Waals surface area contributed by atoms with Gasteiger partial charge >= 0.3 is 6.18 Å². The molecule has 0 atom stereocenters. The lowest BCUT2D eigenvalue weighted by atomic mass is 10.1. The quantitative estimate of drug-likeness (QED) is 0.594. The Balaban J connectivity index is 1.42. The van der Waals surface area contributed by atoms with Crippen molar-refractivity contribution in [2.75, 3.05) is 16.6 Å². The second kappa shape index (κ2) is 8.61. The maximum absolute atomic E-state index is 12.8. The summed E-state index contributed by atoms with van der Waals surface area (Å²) in [4.78, 5) is 14.4. The van der Waals surface area contributed by atoms with Crippen molar-refractivity contribution in [3.05, 3.63) is 71.3 Å². The van der Waals surface area contributed by atoms with Gasteiger partial charge in [0.05, 0.1) is 17.0 Å². The molecule has 0 radical (unpaired) electrons. The van der Waals surface area contributed by atoms with Gasteiger partial charge in [-0.1, -0.05) is 24.3 Å². The van der Waals surface area contributed by atoms with E-state index in [1.807, 2.05) is 0 Å². The standard InChI is InChI=1S/C23H23F3N2O3S/c24-23(25,26)19-7-2-18(3-8-19)16-27(20-11-12-20)22(29)13-6-17-4-9-21(10-5-17)28-14-1-15-32(28,30)31/h2-10,13,20H,1,11-12,14-16H2/b13-6+. The number of anilines is 1. The lowest BCUT2D eigenvalue weighted by molar-refractivity contribution is -0.137. The number of sulfonamides is 1. The lowest BCUT2D eigenvalue weighted by Crippen LogP contribution is -2.31. The van der Waals surface area contributed by atoms with Gasteiger partial charge in [0.15, 0.2) is 0 Å². The van der Waals surface area contributed by atoms with E-state index in [9.17, 15) is 26.4 Å². The molecule has 5 nitrogen and oxygen atoms in total. The highest BCUT2D eigenvalue weighted by Crippen LogP contribution is 2.31. The molecule has 0 N–H and O–H groups in total. The van der Waals surface area contributed by atoms with Crippen LogP contribution in [-0.4, -0.2) is 37.6 Å². The van der Waals surface area contributed by atoms with Crippen molar-refractivity contribution in [1.29, 1.82) is 0 Å². The minimum atomic E-state index is -4.39. The van der Waals surface area contributed by atoms with Gasteiger partial charge in [0, 0.05) is 25.2 Å². The van der Waals surface area contributed by atoms with E-state index in [4.69, 9.17) is 0 Å². The van der Waals surface area contributed by atoms with Gasteiger partial charge in [-0.15, -0.1) is 0 Å². The summed E-state index contributed by atoms with van der Waals surface area (Å²) in [5.74, 6) is -0.0578. The Kier molecular flexibility index (Phi) is 6.03. The number of rotatable bonds is 6. The van der Waals surface area contributed by atoms with Crippen LogP contribution >= 0.6 is 0 Å². The first kappa shape index (κ1) is 22.4. The van der Waals surface area contributed by atoms with Crippen LogP contribution in [-0.2, 0) is 27.5 Å². The molecule has 2 aromatic carbocycles. The molecular formula is C23H23F3N2O3S. The highest BCUT2D eigenvalue weighted by Gasteiger charge is 2.33. The minimum absolute atomic E-state index is 0.0946. The Bertz CT molecular complexity index is 1110. The van der Waals surface area contributed by atoms with E-state index in [-0.39, 0.29) is 24.2 Å². The molecule has 0 spiro atoms. The molecule has 1 aliphatic heterocycles. The predicted molar refractivity (Wildman–Crippen MR) is 116 cm³/mol. The third kappa shape index (κ3) is 5.15. The van der Waals surface area contributed by atoms with Gasteiger partial charge in [-0.25, -0.2) is 8.42 Å². The van der Waals surface area contributed by atoms with Crippen LogP contribution in [0.25, 0.3) is 6.08 Å². The fourth-order valence-corrected chi connectivity index (χ4v) is 5.28. The van der Waals surface area contributed by atoms with E-state index in [1.54, 1.807) is 35.2 Å². The summed E-state index contributed by atoms with van der Waals surface area (Å²) in [6, 6.07) is 11.9. The van der Waals surface area contributed by atoms with Gasteiger partial charge in [0.2, 0.25) is 15.9 Å². The van der Waals surface area contributed by atoms with E-state index in [1.165, 1.54) is 22.5 Å². The molecule has 0 unspecified atom stereocenters. The summed E-state index contributed by atoms with van der Waals surface area (Å²) < 4.78 is 63.7. The van der Waals surface area contributed by atoms with Gasteiger partial charge in [-0.3, -0.25) is 9.10 Å². The summed E-state index contributed by atoms with van der Waals surface area (Å²) >= 11 is 0. The fraction of sp³-hybridized carbons (Fsp3) is 0.348. The first-order valence-corrected chi connectivity index (χ1v) is 12.0. The molecule has 0 aromatic heterocycles. The van der Waals surface area contributed by atoms with Crippen molar-refractivity contribution in [3.63, 3.8) is 0 Å². The number of carbonyl (C=O) groups is 1. The molecule has 170 valence electrons. The second-order valence-electron chi connectivity index (χ2n) is 8.06. The number of alkyl halides is 3. The van der Waals surface area contributed by atoms with E-state index in [0.717, 1.165) is 30.5 Å². The Morgan fingerprint density at radius 1 is 1.06 bits per heavy atom. The number of carbonyl (C=O) groups excluding carboxylic acids is 1. The Morgan fingerprint density at radius 2 is 1.72 bits per heavy atom. The largest absolute Gasteiger partial charge is 0.416 e. The van der Waals surface area contributed by atoms with E-state index >= 15 is 0 Å². The van der Waals surface area contributed by atoms with Crippen LogP contribution in [0.3, 0.4) is 0 Å². The molecule has 1 heterocycles. The molecule has 2 fully saturated rings. The molecule has 2 aromatic rings. The van der Waals surface area contributed by atoms with Crippen LogP contribution in [0, 0.1) is 0 Å². The summed E-state index contributed by atoms with van der Waals surface area (Å²) in [5.41, 5.74) is 1.29. The highest BCUT2D eigenvalue weighted by molar-refractivity contribution is 7.93. The first-order valence-electron chi connectivity index (χ1n) is 10.4. The number of benzene rings is 2. The maximum Gasteiger partial charge on any atom is 0.416 e. The maximum atomic E-state index is 12.8. The van der Waals surface area contributed by atoms with Crippen LogP contribution < -0.4 is 4.31 Å². The molecule has 1 saturated heterocycles. The summed E-state index contributed by atoms with van der Waals surface area (Å²) in [5, 5.41) is 0. The van der Waals surface area contributed by atoms with Gasteiger partial charge in [-0.05, 0) is 60.7 Å². The van der Waals surface area contributed by atoms with Crippen LogP contribution in [0.15, 0.2) is 54.6 Å². The van der Waals surface area contributed by atoms with Crippen molar-refractivity contribution in [3.8, 4) is 0 Å². The van der Waals surface area contributed by atoms with Crippen molar-refractivity contribution in [2.24, 2.45) is 0 Å². The minimum Gasteiger partial charge on any atom is -0.332 e. The van der Waals surface area contributed by atoms with Gasteiger partial charge in [0.1, 0.15) is 0 Å². The first-order chi connectivity index (χ1) is 15.1. The zero-order valence-electron chi connectivity index (χ0n) is 17.3. The molecule has 2 aliphatic rings. The van der Waals surface area contributed by atoms with E-state index in [2.05, 4.69) is 0 Å². The molecule has 1 saturated carbocycles.